The van der Waals surface area contributed by atoms with Crippen LogP contribution in [-0.4, -0.2) is 12.0 Å². The molecule has 3 nitrogen and oxygen atoms in total. The molecule has 0 fully saturated rings. The van der Waals surface area contributed by atoms with Gasteiger partial charge in [-0.1, -0.05) is 29.3 Å². The number of nitrogens with zero attached hydrogens (tertiary/aromatic N) is 1. The first kappa shape index (κ1) is 14.1. The molecule has 0 aliphatic carbocycles. The van der Waals surface area contributed by atoms with E-state index in [0.717, 1.165) is 11.3 Å². The second kappa shape index (κ2) is 6.24. The number of halogens is 2. The molecule has 19 heavy (non-hydrogen) atoms. The first-order chi connectivity index (χ1) is 9.10. The molecule has 0 atom stereocenters. The number of nitrogens with one attached hydrogen (secondary N) is 1. The molecular formula is C14H14Cl2N2O. The van der Waals surface area contributed by atoms with E-state index in [-0.39, 0.29) is 0 Å². The average Bonchev–Trinajstić information content (AvgIpc) is 2.37. The van der Waals surface area contributed by atoms with Crippen molar-refractivity contribution in [2.75, 3.05) is 7.05 Å². The van der Waals surface area contributed by atoms with Gasteiger partial charge in [0, 0.05) is 12.6 Å². The molecule has 1 aromatic carbocycles. The van der Waals surface area contributed by atoms with Crippen molar-refractivity contribution in [1.82, 2.24) is 10.3 Å². The van der Waals surface area contributed by atoms with Crippen LogP contribution in [0, 0.1) is 6.92 Å². The first-order valence-corrected chi connectivity index (χ1v) is 6.60. The summed E-state index contributed by atoms with van der Waals surface area (Å²) in [6, 6.07) is 9.09. The Labute approximate surface area is 122 Å². The summed E-state index contributed by atoms with van der Waals surface area (Å²) in [5, 5.41) is 4.18. The van der Waals surface area contributed by atoms with E-state index < -0.39 is 0 Å². The van der Waals surface area contributed by atoms with Crippen molar-refractivity contribution in [2.45, 2.75) is 13.5 Å². The van der Waals surface area contributed by atoms with Crippen LogP contribution in [0.25, 0.3) is 0 Å². The molecule has 1 N–H and O–H groups in total. The molecular weight excluding hydrogens is 283 g/mol. The Hall–Kier alpha value is -1.29. The predicted molar refractivity (Wildman–Crippen MR) is 78.3 cm³/mol. The Balaban J connectivity index is 2.25. The van der Waals surface area contributed by atoms with Crippen LogP contribution in [-0.2, 0) is 6.54 Å². The molecule has 0 saturated carbocycles. The number of benzene rings is 1. The molecule has 0 aliphatic rings. The van der Waals surface area contributed by atoms with Crippen molar-refractivity contribution in [1.29, 1.82) is 0 Å². The zero-order chi connectivity index (χ0) is 13.8. The van der Waals surface area contributed by atoms with Gasteiger partial charge in [0.05, 0.1) is 15.7 Å². The fourth-order valence-corrected chi connectivity index (χ4v) is 2.06. The lowest BCUT2D eigenvalue weighted by Gasteiger charge is -2.09. The predicted octanol–water partition coefficient (Wildman–Crippen LogP) is 4.21. The normalized spacial score (nSPS) is 10.5. The minimum Gasteiger partial charge on any atom is -0.437 e. The number of hydrogen-bond donors (Lipinski definition) is 1. The fourth-order valence-electron chi connectivity index (χ4n) is 1.61. The van der Waals surface area contributed by atoms with Gasteiger partial charge in [-0.15, -0.1) is 0 Å². The molecule has 0 unspecified atom stereocenters. The summed E-state index contributed by atoms with van der Waals surface area (Å²) in [6.07, 6.45) is 0. The molecule has 2 aromatic rings. The third kappa shape index (κ3) is 3.60. The highest BCUT2D eigenvalue weighted by Crippen LogP contribution is 2.30. The minimum atomic E-state index is 0.473. The van der Waals surface area contributed by atoms with Crippen molar-refractivity contribution in [3.63, 3.8) is 0 Å². The lowest BCUT2D eigenvalue weighted by molar-refractivity contribution is 0.460. The van der Waals surface area contributed by atoms with Gasteiger partial charge in [0.1, 0.15) is 5.75 Å². The Morgan fingerprint density at radius 1 is 1.16 bits per heavy atom. The quantitative estimate of drug-likeness (QED) is 0.918. The summed E-state index contributed by atoms with van der Waals surface area (Å²) in [4.78, 5) is 4.35. The van der Waals surface area contributed by atoms with E-state index in [1.54, 1.807) is 12.1 Å². The lowest BCUT2D eigenvalue weighted by atomic mass is 10.2. The fraction of sp³-hybridized carbons (Fsp3) is 0.214. The van der Waals surface area contributed by atoms with Crippen LogP contribution in [0.4, 0.5) is 0 Å². The Morgan fingerprint density at radius 3 is 2.63 bits per heavy atom. The lowest BCUT2D eigenvalue weighted by Crippen LogP contribution is -2.07. The molecule has 0 radical (unpaired) electrons. The van der Waals surface area contributed by atoms with E-state index in [0.29, 0.717) is 28.2 Å². The highest BCUT2D eigenvalue weighted by Gasteiger charge is 2.07. The molecule has 0 saturated heterocycles. The highest BCUT2D eigenvalue weighted by molar-refractivity contribution is 6.32. The maximum absolute atomic E-state index is 6.12. The second-order valence-electron chi connectivity index (χ2n) is 4.14. The van der Waals surface area contributed by atoms with Crippen molar-refractivity contribution >= 4 is 23.2 Å². The van der Waals surface area contributed by atoms with E-state index in [2.05, 4.69) is 10.3 Å². The van der Waals surface area contributed by atoms with Gasteiger partial charge in [-0.25, -0.2) is 4.98 Å². The summed E-state index contributed by atoms with van der Waals surface area (Å²) in [5.41, 5.74) is 1.82. The maximum Gasteiger partial charge on any atom is 0.219 e. The van der Waals surface area contributed by atoms with Gasteiger partial charge in [0.15, 0.2) is 0 Å². The Bertz CT molecular complexity index is 588. The number of aryl methyl sites for hydroxylation is 1. The van der Waals surface area contributed by atoms with Gasteiger partial charge >= 0.3 is 0 Å². The summed E-state index contributed by atoms with van der Waals surface area (Å²) in [7, 11) is 1.84. The summed E-state index contributed by atoms with van der Waals surface area (Å²) in [5.74, 6) is 1.05. The molecule has 100 valence electrons. The van der Waals surface area contributed by atoms with Crippen molar-refractivity contribution in [3.8, 4) is 11.6 Å². The molecule has 0 amide bonds. The largest absolute Gasteiger partial charge is 0.437 e. The van der Waals surface area contributed by atoms with Crippen molar-refractivity contribution in [2.24, 2.45) is 0 Å². The second-order valence-corrected chi connectivity index (χ2v) is 4.96. The van der Waals surface area contributed by atoms with Crippen molar-refractivity contribution in [3.05, 3.63) is 51.6 Å². The molecule has 0 spiro atoms. The van der Waals surface area contributed by atoms with Crippen LogP contribution in [0.2, 0.25) is 10.0 Å². The average molecular weight is 297 g/mol. The third-order valence-electron chi connectivity index (χ3n) is 2.54. The summed E-state index contributed by atoms with van der Waals surface area (Å²) in [6.45, 7) is 2.55. The Morgan fingerprint density at radius 2 is 1.95 bits per heavy atom. The molecule has 0 aliphatic heterocycles. The zero-order valence-corrected chi connectivity index (χ0v) is 12.2. The monoisotopic (exact) mass is 296 g/mol. The molecule has 5 heteroatoms. The number of pyridine rings is 1. The van der Waals surface area contributed by atoms with Gasteiger partial charge in [-0.05, 0) is 37.7 Å². The minimum absolute atomic E-state index is 0.473. The summed E-state index contributed by atoms with van der Waals surface area (Å²) >= 11 is 12.2. The smallest absolute Gasteiger partial charge is 0.219 e. The van der Waals surface area contributed by atoms with E-state index in [4.69, 9.17) is 27.9 Å². The van der Waals surface area contributed by atoms with Crippen LogP contribution < -0.4 is 10.1 Å². The van der Waals surface area contributed by atoms with Crippen molar-refractivity contribution < 1.29 is 4.74 Å². The molecule has 1 heterocycles. The number of aromatic nitrogens is 1. The zero-order valence-electron chi connectivity index (χ0n) is 10.7. The number of hydrogen-bond acceptors (Lipinski definition) is 3. The van der Waals surface area contributed by atoms with Gasteiger partial charge in [-0.3, -0.25) is 0 Å². The van der Waals surface area contributed by atoms with Gasteiger partial charge in [-0.2, -0.15) is 0 Å². The van der Waals surface area contributed by atoms with Gasteiger partial charge in [0.2, 0.25) is 5.88 Å². The van der Waals surface area contributed by atoms with Gasteiger partial charge < -0.3 is 10.1 Å². The topological polar surface area (TPSA) is 34.2 Å². The van der Waals surface area contributed by atoms with E-state index in [1.165, 1.54) is 0 Å². The SMILES string of the molecule is CNCc1nc(Oc2ccc(C)cc2Cl)ccc1Cl. The van der Waals surface area contributed by atoms with Crippen LogP contribution >= 0.6 is 23.2 Å². The van der Waals surface area contributed by atoms with E-state index in [9.17, 15) is 0 Å². The third-order valence-corrected chi connectivity index (χ3v) is 3.18. The van der Waals surface area contributed by atoms with Gasteiger partial charge in [0.25, 0.3) is 0 Å². The standard InChI is InChI=1S/C14H14Cl2N2O/c1-9-3-5-13(11(16)7-9)19-14-6-4-10(15)12(18-14)8-17-2/h3-7,17H,8H2,1-2H3. The molecule has 0 bridgehead atoms. The Kier molecular flexibility index (Phi) is 4.64. The molecule has 2 rings (SSSR count). The van der Waals surface area contributed by atoms with E-state index in [1.807, 2.05) is 32.2 Å². The maximum atomic E-state index is 6.12. The molecule has 1 aromatic heterocycles. The van der Waals surface area contributed by atoms with Crippen LogP contribution in [0.5, 0.6) is 11.6 Å². The number of ether oxygens (including phenoxy) is 1. The number of rotatable bonds is 4. The summed E-state index contributed by atoms with van der Waals surface area (Å²) < 4.78 is 5.68. The van der Waals surface area contributed by atoms with Crippen LogP contribution in [0.15, 0.2) is 30.3 Å². The highest BCUT2D eigenvalue weighted by atomic mass is 35.5. The van der Waals surface area contributed by atoms with Crippen LogP contribution in [0.3, 0.4) is 0 Å². The van der Waals surface area contributed by atoms with E-state index >= 15 is 0 Å². The van der Waals surface area contributed by atoms with Crippen LogP contribution in [0.1, 0.15) is 11.3 Å². The first-order valence-electron chi connectivity index (χ1n) is 5.84.